The van der Waals surface area contributed by atoms with Crippen LogP contribution in [0.5, 0.6) is 0 Å². The van der Waals surface area contributed by atoms with Gasteiger partial charge in [-0.1, -0.05) is 0 Å². The Balaban J connectivity index is 0. The van der Waals surface area contributed by atoms with Gasteiger partial charge < -0.3 is 10.8 Å². The summed E-state index contributed by atoms with van der Waals surface area (Å²) in [6.45, 7) is 0.333. The van der Waals surface area contributed by atoms with Gasteiger partial charge in [0.05, 0.1) is 11.3 Å². The van der Waals surface area contributed by atoms with Crippen molar-refractivity contribution in [3.63, 3.8) is 0 Å². The zero-order chi connectivity index (χ0) is 8.27. The maximum atomic E-state index is 10.3. The van der Waals surface area contributed by atoms with E-state index in [9.17, 15) is 4.79 Å². The lowest BCUT2D eigenvalue weighted by atomic mass is 10.2. The molecule has 4 nitrogen and oxygen atoms in total. The van der Waals surface area contributed by atoms with Crippen LogP contribution in [0.25, 0.3) is 0 Å². The second-order valence-corrected chi connectivity index (χ2v) is 2.05. The second-order valence-electron chi connectivity index (χ2n) is 2.05. The van der Waals surface area contributed by atoms with Crippen molar-refractivity contribution in [2.75, 3.05) is 0 Å². The third kappa shape index (κ3) is 4.07. The van der Waals surface area contributed by atoms with E-state index in [2.05, 4.69) is 4.98 Å². The summed E-state index contributed by atoms with van der Waals surface area (Å²) < 4.78 is 0. The van der Waals surface area contributed by atoms with E-state index in [1.54, 1.807) is 6.07 Å². The first-order chi connectivity index (χ1) is 5.24. The van der Waals surface area contributed by atoms with E-state index in [0.717, 1.165) is 0 Å². The van der Waals surface area contributed by atoms with Crippen LogP contribution in [0.2, 0.25) is 0 Å². The van der Waals surface area contributed by atoms with Crippen LogP contribution in [0.15, 0.2) is 18.3 Å². The number of hydrogen-bond acceptors (Lipinski definition) is 3. The number of nitrogens with two attached hydrogens (primary N) is 1. The van der Waals surface area contributed by atoms with Crippen molar-refractivity contribution in [1.29, 1.82) is 0 Å². The number of hydrogen-bond donors (Lipinski definition) is 2. The van der Waals surface area contributed by atoms with E-state index in [-0.39, 0.29) is 30.4 Å². The minimum absolute atomic E-state index is 0. The van der Waals surface area contributed by atoms with E-state index in [4.69, 9.17) is 10.8 Å². The predicted octanol–water partition coefficient (Wildman–Crippen LogP) is 1.08. The summed E-state index contributed by atoms with van der Waals surface area (Å²) in [5, 5.41) is 8.48. The van der Waals surface area contributed by atoms with E-state index in [0.29, 0.717) is 12.2 Å². The van der Waals surface area contributed by atoms with Gasteiger partial charge in [-0.15, -0.1) is 24.8 Å². The smallest absolute Gasteiger partial charge is 0.337 e. The van der Waals surface area contributed by atoms with Gasteiger partial charge in [0.1, 0.15) is 0 Å². The lowest BCUT2D eigenvalue weighted by Crippen LogP contribution is -2.02. The van der Waals surface area contributed by atoms with E-state index >= 15 is 0 Å². The van der Waals surface area contributed by atoms with Crippen LogP contribution in [-0.2, 0) is 6.54 Å². The van der Waals surface area contributed by atoms with E-state index in [1.807, 2.05) is 0 Å². The van der Waals surface area contributed by atoms with Gasteiger partial charge in [0.15, 0.2) is 0 Å². The molecule has 0 saturated carbocycles. The first-order valence-electron chi connectivity index (χ1n) is 3.12. The van der Waals surface area contributed by atoms with Gasteiger partial charge in [0.25, 0.3) is 0 Å². The molecule has 0 aliphatic carbocycles. The van der Waals surface area contributed by atoms with Gasteiger partial charge in [-0.3, -0.25) is 4.98 Å². The molecule has 0 unspecified atom stereocenters. The molecule has 1 heterocycles. The van der Waals surface area contributed by atoms with Crippen molar-refractivity contribution < 1.29 is 9.90 Å². The number of aromatic carboxylic acids is 1. The van der Waals surface area contributed by atoms with Gasteiger partial charge >= 0.3 is 5.97 Å². The molecule has 1 rings (SSSR count). The van der Waals surface area contributed by atoms with Gasteiger partial charge in [-0.25, -0.2) is 4.79 Å². The lowest BCUT2D eigenvalue weighted by molar-refractivity contribution is 0.0696. The molecular weight excluding hydrogens is 215 g/mol. The number of nitrogens with zero attached hydrogens (tertiary/aromatic N) is 1. The summed E-state index contributed by atoms with van der Waals surface area (Å²) in [6.07, 6.45) is 1.30. The maximum absolute atomic E-state index is 10.3. The molecule has 1 aromatic heterocycles. The molecule has 0 bridgehead atoms. The molecule has 0 radical (unpaired) electrons. The number of carboxylic acid groups (broad SMARTS) is 1. The Hall–Kier alpha value is -0.840. The highest BCUT2D eigenvalue weighted by molar-refractivity contribution is 5.87. The van der Waals surface area contributed by atoms with Crippen molar-refractivity contribution >= 4 is 30.8 Å². The van der Waals surface area contributed by atoms with Gasteiger partial charge in [-0.2, -0.15) is 0 Å². The zero-order valence-electron chi connectivity index (χ0n) is 6.64. The Bertz CT molecular complexity index is 264. The highest BCUT2D eigenvalue weighted by Crippen LogP contribution is 1.98. The standard InChI is InChI=1S/C7H8N2O2.2ClH/c8-3-6-2-1-5(4-9-6)7(10)11;;/h1-2,4H,3,8H2,(H,10,11);2*1H. The molecule has 0 aliphatic heterocycles. The molecule has 0 fully saturated rings. The van der Waals surface area contributed by atoms with Crippen LogP contribution in [0.1, 0.15) is 16.1 Å². The molecule has 0 atom stereocenters. The quantitative estimate of drug-likeness (QED) is 0.789. The van der Waals surface area contributed by atoms with Crippen molar-refractivity contribution in [2.45, 2.75) is 6.54 Å². The molecule has 6 heteroatoms. The highest BCUT2D eigenvalue weighted by Gasteiger charge is 2.00. The van der Waals surface area contributed by atoms with Crippen LogP contribution in [0.3, 0.4) is 0 Å². The topological polar surface area (TPSA) is 76.2 Å². The molecule has 13 heavy (non-hydrogen) atoms. The molecule has 0 aromatic carbocycles. The van der Waals surface area contributed by atoms with Crippen molar-refractivity contribution in [3.05, 3.63) is 29.6 Å². The minimum Gasteiger partial charge on any atom is -0.478 e. The number of halogens is 2. The Kier molecular flexibility index (Phi) is 7.51. The Labute approximate surface area is 88.0 Å². The second kappa shape index (κ2) is 6.65. The number of pyridine rings is 1. The lowest BCUT2D eigenvalue weighted by Gasteiger charge is -1.95. The van der Waals surface area contributed by atoms with Gasteiger partial charge in [-0.05, 0) is 12.1 Å². The first kappa shape index (κ1) is 14.7. The number of aromatic nitrogens is 1. The summed E-state index contributed by atoms with van der Waals surface area (Å²) in [7, 11) is 0. The molecule has 0 saturated heterocycles. The fourth-order valence-electron chi connectivity index (χ4n) is 0.672. The van der Waals surface area contributed by atoms with Gasteiger partial charge in [0, 0.05) is 12.7 Å². The van der Waals surface area contributed by atoms with Crippen LogP contribution < -0.4 is 5.73 Å². The third-order valence-electron chi connectivity index (χ3n) is 1.28. The summed E-state index contributed by atoms with van der Waals surface area (Å²) in [5.41, 5.74) is 6.14. The fraction of sp³-hybridized carbons (Fsp3) is 0.143. The van der Waals surface area contributed by atoms with Crippen molar-refractivity contribution in [1.82, 2.24) is 4.98 Å². The van der Waals surface area contributed by atoms with Gasteiger partial charge in [0.2, 0.25) is 0 Å². The monoisotopic (exact) mass is 224 g/mol. The summed E-state index contributed by atoms with van der Waals surface area (Å²) in [4.78, 5) is 14.1. The van der Waals surface area contributed by atoms with Crippen LogP contribution >= 0.6 is 24.8 Å². The SMILES string of the molecule is Cl.Cl.NCc1ccc(C(=O)O)cn1. The Morgan fingerprint density at radius 3 is 2.38 bits per heavy atom. The summed E-state index contributed by atoms with van der Waals surface area (Å²) in [5.74, 6) is -0.971. The fourth-order valence-corrected chi connectivity index (χ4v) is 0.672. The molecule has 0 aliphatic rings. The molecular formula is C7H10Cl2N2O2. The molecule has 3 N–H and O–H groups in total. The average molecular weight is 225 g/mol. The number of rotatable bonds is 2. The predicted molar refractivity (Wildman–Crippen MR) is 53.6 cm³/mol. The average Bonchev–Trinajstić information content (AvgIpc) is 2.05. The highest BCUT2D eigenvalue weighted by atomic mass is 35.5. The minimum atomic E-state index is -0.971. The van der Waals surface area contributed by atoms with E-state index < -0.39 is 5.97 Å². The summed E-state index contributed by atoms with van der Waals surface area (Å²) >= 11 is 0. The molecule has 0 amide bonds. The Morgan fingerprint density at radius 1 is 1.46 bits per heavy atom. The summed E-state index contributed by atoms with van der Waals surface area (Å²) in [6, 6.07) is 3.08. The normalized spacial score (nSPS) is 8.08. The first-order valence-corrected chi connectivity index (χ1v) is 3.12. The molecule has 74 valence electrons. The zero-order valence-corrected chi connectivity index (χ0v) is 8.27. The van der Waals surface area contributed by atoms with Crippen molar-refractivity contribution in [2.24, 2.45) is 5.73 Å². The number of carboxylic acids is 1. The Morgan fingerprint density at radius 2 is 2.08 bits per heavy atom. The largest absolute Gasteiger partial charge is 0.478 e. The number of carbonyl (C=O) groups is 1. The van der Waals surface area contributed by atoms with E-state index in [1.165, 1.54) is 12.3 Å². The maximum Gasteiger partial charge on any atom is 0.337 e. The van der Waals surface area contributed by atoms with Crippen LogP contribution in [-0.4, -0.2) is 16.1 Å². The molecule has 0 spiro atoms. The van der Waals surface area contributed by atoms with Crippen LogP contribution in [0, 0.1) is 0 Å². The van der Waals surface area contributed by atoms with Crippen LogP contribution in [0.4, 0.5) is 0 Å². The molecule has 1 aromatic rings. The van der Waals surface area contributed by atoms with Crippen molar-refractivity contribution in [3.8, 4) is 0 Å². The third-order valence-corrected chi connectivity index (χ3v) is 1.28.